The first-order valence-electron chi connectivity index (χ1n) is 5.84. The molecule has 0 aromatic carbocycles. The molecule has 0 heterocycles. The summed E-state index contributed by atoms with van der Waals surface area (Å²) in [6, 6.07) is 0. The molecule has 0 fully saturated rings. The first kappa shape index (κ1) is 13.4. The molecule has 0 aromatic rings. The zero-order valence-electron chi connectivity index (χ0n) is 9.41. The van der Waals surface area contributed by atoms with Crippen molar-refractivity contribution in [2.24, 2.45) is 0 Å². The number of aliphatic hydroxyl groups is 1. The molecule has 0 aliphatic carbocycles. The van der Waals surface area contributed by atoms with Gasteiger partial charge in [0.2, 0.25) is 0 Å². The molecule has 0 atom stereocenters. The fourth-order valence-corrected chi connectivity index (χ4v) is 1.24. The second-order valence-corrected chi connectivity index (χ2v) is 3.57. The molecule has 0 rings (SSSR count). The van der Waals surface area contributed by atoms with E-state index in [9.17, 15) is 0 Å². The van der Waals surface area contributed by atoms with Crippen molar-refractivity contribution >= 4 is 0 Å². The largest absolute Gasteiger partial charge is 0.396 e. The van der Waals surface area contributed by atoms with Gasteiger partial charge < -0.3 is 5.11 Å². The van der Waals surface area contributed by atoms with Crippen molar-refractivity contribution in [2.75, 3.05) is 6.61 Å². The van der Waals surface area contributed by atoms with Crippen LogP contribution in [0.2, 0.25) is 0 Å². The van der Waals surface area contributed by atoms with Crippen molar-refractivity contribution in [1.82, 2.24) is 0 Å². The highest BCUT2D eigenvalue weighted by atomic mass is 16.2. The van der Waals surface area contributed by atoms with Gasteiger partial charge in [-0.2, -0.15) is 0 Å². The quantitative estimate of drug-likeness (QED) is 0.439. The average molecular weight is 196 g/mol. The van der Waals surface area contributed by atoms with Crippen LogP contribution < -0.4 is 0 Å². The Bertz CT molecular complexity index is 129. The summed E-state index contributed by atoms with van der Waals surface area (Å²) in [4.78, 5) is 0. The van der Waals surface area contributed by atoms with Crippen LogP contribution in [0, 0.1) is 0 Å². The van der Waals surface area contributed by atoms with Crippen LogP contribution in [0.25, 0.3) is 0 Å². The van der Waals surface area contributed by atoms with E-state index in [1.807, 2.05) is 0 Å². The summed E-state index contributed by atoms with van der Waals surface area (Å²) in [5.41, 5.74) is 0. The highest BCUT2D eigenvalue weighted by molar-refractivity contribution is 5.02. The fraction of sp³-hybridized carbons (Fsp3) is 0.692. The molecular formula is C13H24O. The molecule has 0 spiro atoms. The van der Waals surface area contributed by atoms with Gasteiger partial charge >= 0.3 is 0 Å². The lowest BCUT2D eigenvalue weighted by atomic mass is 10.2. The Hall–Kier alpha value is -0.560. The summed E-state index contributed by atoms with van der Waals surface area (Å²) in [5.74, 6) is 0. The number of hydrogen-bond acceptors (Lipinski definition) is 1. The van der Waals surface area contributed by atoms with Gasteiger partial charge in [0.15, 0.2) is 0 Å². The summed E-state index contributed by atoms with van der Waals surface area (Å²) < 4.78 is 0. The summed E-state index contributed by atoms with van der Waals surface area (Å²) in [6.07, 6.45) is 16.9. The summed E-state index contributed by atoms with van der Waals surface area (Å²) >= 11 is 0. The van der Waals surface area contributed by atoms with Gasteiger partial charge in [-0.1, -0.05) is 44.1 Å². The number of hydrogen-bond donors (Lipinski definition) is 1. The maximum Gasteiger partial charge on any atom is 0.0431 e. The van der Waals surface area contributed by atoms with E-state index < -0.39 is 0 Å². The van der Waals surface area contributed by atoms with E-state index in [4.69, 9.17) is 5.11 Å². The van der Waals surface area contributed by atoms with Crippen LogP contribution in [0.3, 0.4) is 0 Å². The number of unbranched alkanes of at least 4 members (excludes halogenated alkanes) is 5. The Morgan fingerprint density at radius 2 is 1.43 bits per heavy atom. The molecule has 82 valence electrons. The molecule has 1 N–H and O–H groups in total. The van der Waals surface area contributed by atoms with Gasteiger partial charge in [0.05, 0.1) is 0 Å². The van der Waals surface area contributed by atoms with Crippen LogP contribution in [0.4, 0.5) is 0 Å². The minimum atomic E-state index is 0.320. The molecule has 0 radical (unpaired) electrons. The van der Waals surface area contributed by atoms with Gasteiger partial charge in [-0.25, -0.2) is 0 Å². The van der Waals surface area contributed by atoms with Crippen LogP contribution in [0.15, 0.2) is 24.3 Å². The summed E-state index contributed by atoms with van der Waals surface area (Å²) in [5, 5.41) is 8.55. The van der Waals surface area contributed by atoms with E-state index in [0.29, 0.717) is 6.61 Å². The molecule has 14 heavy (non-hydrogen) atoms. The van der Waals surface area contributed by atoms with Gasteiger partial charge in [-0.15, -0.1) is 0 Å². The van der Waals surface area contributed by atoms with Crippen molar-refractivity contribution < 1.29 is 5.11 Å². The Labute approximate surface area is 88.5 Å². The predicted molar refractivity (Wildman–Crippen MR) is 63.4 cm³/mol. The molecule has 0 unspecified atom stereocenters. The fourth-order valence-electron chi connectivity index (χ4n) is 1.24. The van der Waals surface area contributed by atoms with Crippen LogP contribution >= 0.6 is 0 Å². The molecule has 0 amide bonds. The number of allylic oxidation sites excluding steroid dienone is 4. The summed E-state index contributed by atoms with van der Waals surface area (Å²) in [7, 11) is 0. The van der Waals surface area contributed by atoms with Gasteiger partial charge in [-0.3, -0.25) is 0 Å². The molecule has 0 bridgehead atoms. The van der Waals surface area contributed by atoms with E-state index in [1.54, 1.807) is 0 Å². The highest BCUT2D eigenvalue weighted by Gasteiger charge is 1.81. The van der Waals surface area contributed by atoms with Gasteiger partial charge in [0.25, 0.3) is 0 Å². The molecule has 0 aromatic heterocycles. The molecule has 0 saturated carbocycles. The average Bonchev–Trinajstić information content (AvgIpc) is 2.21. The second kappa shape index (κ2) is 12.4. The SMILES string of the molecule is CCCCC/C=C\C=C/CCCCO. The zero-order chi connectivity index (χ0) is 10.5. The van der Waals surface area contributed by atoms with Gasteiger partial charge in [0, 0.05) is 6.61 Å². The third-order valence-electron chi connectivity index (χ3n) is 2.14. The first-order chi connectivity index (χ1) is 6.91. The minimum Gasteiger partial charge on any atom is -0.396 e. The van der Waals surface area contributed by atoms with Crippen LogP contribution in [0.5, 0.6) is 0 Å². The molecule has 1 heteroatoms. The Morgan fingerprint density at radius 1 is 0.857 bits per heavy atom. The molecule has 1 nitrogen and oxygen atoms in total. The highest BCUT2D eigenvalue weighted by Crippen LogP contribution is 2.00. The third kappa shape index (κ3) is 11.4. The predicted octanol–water partition coefficient (Wildman–Crippen LogP) is 3.84. The van der Waals surface area contributed by atoms with Crippen molar-refractivity contribution in [3.8, 4) is 0 Å². The lowest BCUT2D eigenvalue weighted by Crippen LogP contribution is -1.79. The first-order valence-corrected chi connectivity index (χ1v) is 5.84. The van der Waals surface area contributed by atoms with Crippen LogP contribution in [-0.2, 0) is 0 Å². The monoisotopic (exact) mass is 196 g/mol. The Kier molecular flexibility index (Phi) is 11.9. The standard InChI is InChI=1S/C13H24O/c1-2-3-4-5-6-7-8-9-10-11-12-13-14/h6-9,14H,2-5,10-13H2,1H3/b7-6-,9-8-. The summed E-state index contributed by atoms with van der Waals surface area (Å²) in [6.45, 7) is 2.55. The van der Waals surface area contributed by atoms with E-state index in [2.05, 4.69) is 31.2 Å². The lowest BCUT2D eigenvalue weighted by Gasteiger charge is -1.91. The van der Waals surface area contributed by atoms with Crippen molar-refractivity contribution in [3.05, 3.63) is 24.3 Å². The topological polar surface area (TPSA) is 20.2 Å². The van der Waals surface area contributed by atoms with Crippen molar-refractivity contribution in [2.45, 2.75) is 51.9 Å². The maximum atomic E-state index is 8.55. The molecule has 0 aliphatic rings. The zero-order valence-corrected chi connectivity index (χ0v) is 9.41. The van der Waals surface area contributed by atoms with Crippen LogP contribution in [0.1, 0.15) is 51.9 Å². The Morgan fingerprint density at radius 3 is 1.93 bits per heavy atom. The lowest BCUT2D eigenvalue weighted by molar-refractivity contribution is 0.285. The maximum absolute atomic E-state index is 8.55. The van der Waals surface area contributed by atoms with E-state index >= 15 is 0 Å². The minimum absolute atomic E-state index is 0.320. The molecular weight excluding hydrogens is 172 g/mol. The molecule has 0 saturated heterocycles. The third-order valence-corrected chi connectivity index (χ3v) is 2.14. The number of rotatable bonds is 9. The Balaban J connectivity index is 3.15. The van der Waals surface area contributed by atoms with E-state index in [1.165, 1.54) is 25.7 Å². The van der Waals surface area contributed by atoms with Crippen LogP contribution in [-0.4, -0.2) is 11.7 Å². The van der Waals surface area contributed by atoms with Gasteiger partial charge in [0.1, 0.15) is 0 Å². The van der Waals surface area contributed by atoms with Crippen molar-refractivity contribution in [3.63, 3.8) is 0 Å². The number of aliphatic hydroxyl groups excluding tert-OH is 1. The normalized spacial score (nSPS) is 11.9. The smallest absolute Gasteiger partial charge is 0.0431 e. The second-order valence-electron chi connectivity index (χ2n) is 3.57. The van der Waals surface area contributed by atoms with E-state index in [0.717, 1.165) is 19.3 Å². The van der Waals surface area contributed by atoms with Crippen molar-refractivity contribution in [1.29, 1.82) is 0 Å². The molecule has 0 aliphatic heterocycles. The van der Waals surface area contributed by atoms with Gasteiger partial charge in [-0.05, 0) is 32.1 Å². The van der Waals surface area contributed by atoms with E-state index in [-0.39, 0.29) is 0 Å².